The molecule has 1 N–H and O–H groups in total. The Morgan fingerprint density at radius 3 is 2.81 bits per heavy atom. The number of aliphatic carboxylic acids is 1. The third kappa shape index (κ3) is 2.92. The minimum Gasteiger partial charge on any atom is -0.480 e. The molecular formula is C13H16ClN3O4. The standard InChI is InChI=1S/C13H16ClN3O4/c1-13(2)4-3-5-16(10(13)12(18)19)11-9(14)6-8(7-15-11)17(20)21/h6-7,10H,3-5H2,1-2H3,(H,18,19). The highest BCUT2D eigenvalue weighted by molar-refractivity contribution is 6.33. The fourth-order valence-corrected chi connectivity index (χ4v) is 3.09. The van der Waals surface area contributed by atoms with Gasteiger partial charge in [0.1, 0.15) is 18.1 Å². The van der Waals surface area contributed by atoms with Crippen molar-refractivity contribution < 1.29 is 14.8 Å². The summed E-state index contributed by atoms with van der Waals surface area (Å²) >= 11 is 6.07. The first-order valence-corrected chi connectivity index (χ1v) is 6.91. The SMILES string of the molecule is CC1(C)CCCN(c2ncc([N+](=O)[O-])cc2Cl)C1C(=O)O. The molecule has 0 aromatic carbocycles. The van der Waals surface area contributed by atoms with E-state index in [1.165, 1.54) is 6.07 Å². The van der Waals surface area contributed by atoms with Crippen molar-refractivity contribution in [3.63, 3.8) is 0 Å². The van der Waals surface area contributed by atoms with Crippen LogP contribution in [0.3, 0.4) is 0 Å². The number of carboxylic acids is 1. The lowest BCUT2D eigenvalue weighted by atomic mass is 9.76. The summed E-state index contributed by atoms with van der Waals surface area (Å²) in [5, 5.41) is 20.3. The zero-order valence-electron chi connectivity index (χ0n) is 11.7. The van der Waals surface area contributed by atoms with Crippen LogP contribution >= 0.6 is 11.6 Å². The van der Waals surface area contributed by atoms with Crippen molar-refractivity contribution in [1.29, 1.82) is 0 Å². The van der Waals surface area contributed by atoms with Gasteiger partial charge in [-0.1, -0.05) is 25.4 Å². The predicted molar refractivity (Wildman–Crippen MR) is 77.7 cm³/mol. The number of aromatic nitrogens is 1. The third-order valence-electron chi connectivity index (χ3n) is 3.80. The lowest BCUT2D eigenvalue weighted by Crippen LogP contribution is -2.54. The van der Waals surface area contributed by atoms with Crippen molar-refractivity contribution in [2.75, 3.05) is 11.4 Å². The number of carboxylic acid groups (broad SMARTS) is 1. The molecule has 114 valence electrons. The van der Waals surface area contributed by atoms with Crippen molar-refractivity contribution in [1.82, 2.24) is 4.98 Å². The summed E-state index contributed by atoms with van der Waals surface area (Å²) in [6.07, 6.45) is 2.69. The van der Waals surface area contributed by atoms with Crippen molar-refractivity contribution in [2.45, 2.75) is 32.7 Å². The van der Waals surface area contributed by atoms with Crippen molar-refractivity contribution in [2.24, 2.45) is 5.41 Å². The van der Waals surface area contributed by atoms with Gasteiger partial charge >= 0.3 is 5.97 Å². The quantitative estimate of drug-likeness (QED) is 0.680. The fraction of sp³-hybridized carbons (Fsp3) is 0.538. The van der Waals surface area contributed by atoms with Gasteiger partial charge < -0.3 is 10.0 Å². The molecule has 1 fully saturated rings. The number of hydrogen-bond acceptors (Lipinski definition) is 5. The first-order valence-electron chi connectivity index (χ1n) is 6.53. The molecule has 7 nitrogen and oxygen atoms in total. The average Bonchev–Trinajstić information content (AvgIpc) is 2.36. The molecule has 2 heterocycles. The molecule has 0 aliphatic carbocycles. The molecule has 2 rings (SSSR count). The molecule has 1 unspecified atom stereocenters. The summed E-state index contributed by atoms with van der Waals surface area (Å²) in [6, 6.07) is 0.433. The molecule has 8 heteroatoms. The summed E-state index contributed by atoms with van der Waals surface area (Å²) in [5.74, 6) is -0.668. The summed E-state index contributed by atoms with van der Waals surface area (Å²) in [5.41, 5.74) is -0.650. The molecule has 21 heavy (non-hydrogen) atoms. The maximum absolute atomic E-state index is 11.6. The Balaban J connectivity index is 2.44. The molecule has 0 saturated carbocycles. The van der Waals surface area contributed by atoms with Gasteiger partial charge in [-0.2, -0.15) is 0 Å². The van der Waals surface area contributed by atoms with E-state index >= 15 is 0 Å². The monoisotopic (exact) mass is 313 g/mol. The molecule has 1 aliphatic rings. The van der Waals surface area contributed by atoms with E-state index in [2.05, 4.69) is 4.98 Å². The average molecular weight is 314 g/mol. The molecule has 1 aromatic rings. The maximum Gasteiger partial charge on any atom is 0.326 e. The number of halogens is 1. The van der Waals surface area contributed by atoms with E-state index in [4.69, 9.17) is 11.6 Å². The number of anilines is 1. The van der Waals surface area contributed by atoms with Crippen molar-refractivity contribution in [3.05, 3.63) is 27.4 Å². The van der Waals surface area contributed by atoms with Crippen LogP contribution in [0.25, 0.3) is 0 Å². The van der Waals surface area contributed by atoms with Gasteiger partial charge in [0, 0.05) is 12.6 Å². The first-order chi connectivity index (χ1) is 9.74. The van der Waals surface area contributed by atoms with Crippen LogP contribution in [0.4, 0.5) is 11.5 Å². The summed E-state index contributed by atoms with van der Waals surface area (Å²) in [4.78, 5) is 27.4. The minimum atomic E-state index is -0.948. The van der Waals surface area contributed by atoms with Gasteiger partial charge in [-0.15, -0.1) is 0 Å². The summed E-state index contributed by atoms with van der Waals surface area (Å²) < 4.78 is 0. The van der Waals surface area contributed by atoms with E-state index < -0.39 is 22.3 Å². The van der Waals surface area contributed by atoms with Gasteiger partial charge in [0.05, 0.1) is 9.95 Å². The Hall–Kier alpha value is -1.89. The van der Waals surface area contributed by atoms with Gasteiger partial charge in [0.15, 0.2) is 0 Å². The van der Waals surface area contributed by atoms with Crippen LogP contribution in [-0.2, 0) is 4.79 Å². The molecule has 0 amide bonds. The number of hydrogen-bond donors (Lipinski definition) is 1. The lowest BCUT2D eigenvalue weighted by molar-refractivity contribution is -0.385. The van der Waals surface area contributed by atoms with Crippen molar-refractivity contribution in [3.8, 4) is 0 Å². The van der Waals surface area contributed by atoms with Crippen LogP contribution < -0.4 is 4.90 Å². The molecule has 1 atom stereocenters. The maximum atomic E-state index is 11.6. The van der Waals surface area contributed by atoms with E-state index in [9.17, 15) is 20.0 Å². The number of pyridine rings is 1. The highest BCUT2D eigenvalue weighted by atomic mass is 35.5. The van der Waals surface area contributed by atoms with E-state index in [0.29, 0.717) is 6.54 Å². The first kappa shape index (κ1) is 15.5. The zero-order valence-corrected chi connectivity index (χ0v) is 12.5. The van der Waals surface area contributed by atoms with Gasteiger partial charge in [0.2, 0.25) is 0 Å². The lowest BCUT2D eigenvalue weighted by Gasteiger charge is -2.44. The number of piperidine rings is 1. The topological polar surface area (TPSA) is 96.6 Å². The number of rotatable bonds is 3. The van der Waals surface area contributed by atoms with E-state index in [0.717, 1.165) is 19.0 Å². The Labute approximate surface area is 126 Å². The summed E-state index contributed by atoms with van der Waals surface area (Å²) in [6.45, 7) is 4.28. The number of nitrogens with zero attached hydrogens (tertiary/aromatic N) is 3. The number of nitro groups is 1. The van der Waals surface area contributed by atoms with Gasteiger partial charge in [-0.3, -0.25) is 10.1 Å². The molecule has 1 aromatic heterocycles. The van der Waals surface area contributed by atoms with Gasteiger partial charge in [0.25, 0.3) is 5.69 Å². The van der Waals surface area contributed by atoms with E-state index in [1.54, 1.807) is 4.90 Å². The Bertz CT molecular complexity index is 591. The van der Waals surface area contributed by atoms with Crippen LogP contribution in [0.5, 0.6) is 0 Å². The molecular weight excluding hydrogens is 298 g/mol. The molecule has 0 radical (unpaired) electrons. The van der Waals surface area contributed by atoms with Crippen molar-refractivity contribution >= 4 is 29.1 Å². The Morgan fingerprint density at radius 1 is 1.62 bits per heavy atom. The van der Waals surface area contributed by atoms with Crippen LogP contribution in [0.2, 0.25) is 5.02 Å². The smallest absolute Gasteiger partial charge is 0.326 e. The molecule has 0 bridgehead atoms. The summed E-state index contributed by atoms with van der Waals surface area (Å²) in [7, 11) is 0. The van der Waals surface area contributed by atoms with Gasteiger partial charge in [-0.25, -0.2) is 9.78 Å². The highest BCUT2D eigenvalue weighted by Gasteiger charge is 2.43. The van der Waals surface area contributed by atoms with Gasteiger partial charge in [-0.05, 0) is 18.3 Å². The molecule has 1 aliphatic heterocycles. The predicted octanol–water partition coefficient (Wildman–Crippen LogP) is 2.72. The van der Waals surface area contributed by atoms with Crippen LogP contribution in [0.1, 0.15) is 26.7 Å². The third-order valence-corrected chi connectivity index (χ3v) is 4.07. The Morgan fingerprint density at radius 2 is 2.29 bits per heavy atom. The second kappa shape index (κ2) is 5.48. The zero-order chi connectivity index (χ0) is 15.8. The highest BCUT2D eigenvalue weighted by Crippen LogP contribution is 2.39. The Kier molecular flexibility index (Phi) is 4.04. The number of carbonyl (C=O) groups is 1. The second-order valence-electron chi connectivity index (χ2n) is 5.78. The molecule has 0 spiro atoms. The van der Waals surface area contributed by atoms with Crippen LogP contribution in [0.15, 0.2) is 12.3 Å². The van der Waals surface area contributed by atoms with E-state index in [1.807, 2.05) is 13.8 Å². The normalized spacial score (nSPS) is 21.1. The van der Waals surface area contributed by atoms with Crippen LogP contribution in [-0.4, -0.2) is 33.6 Å². The van der Waals surface area contributed by atoms with Crippen LogP contribution in [0, 0.1) is 15.5 Å². The second-order valence-corrected chi connectivity index (χ2v) is 6.19. The molecule has 1 saturated heterocycles. The van der Waals surface area contributed by atoms with E-state index in [-0.39, 0.29) is 16.5 Å². The minimum absolute atomic E-state index is 0.0909. The largest absolute Gasteiger partial charge is 0.480 e. The fourth-order valence-electron chi connectivity index (χ4n) is 2.82.